The second kappa shape index (κ2) is 5.60. The molecule has 2 aliphatic rings. The predicted molar refractivity (Wildman–Crippen MR) is 72.3 cm³/mol. The number of rotatable bonds is 1. The molecule has 0 spiro atoms. The first-order chi connectivity index (χ1) is 8.48. The first-order valence-corrected chi connectivity index (χ1v) is 7.35. The molecule has 1 heterocycles. The zero-order chi connectivity index (χ0) is 13.2. The van der Waals surface area contributed by atoms with Crippen LogP contribution in [0.15, 0.2) is 0 Å². The molecule has 18 heavy (non-hydrogen) atoms. The molecule has 0 bridgehead atoms. The lowest BCUT2D eigenvalue weighted by Gasteiger charge is -2.38. The van der Waals surface area contributed by atoms with Gasteiger partial charge < -0.3 is 9.64 Å². The van der Waals surface area contributed by atoms with Crippen molar-refractivity contribution in [3.05, 3.63) is 0 Å². The summed E-state index contributed by atoms with van der Waals surface area (Å²) in [4.78, 5) is 14.4. The van der Waals surface area contributed by atoms with E-state index >= 15 is 0 Å². The molecule has 1 amide bonds. The Hall–Kier alpha value is -0.570. The minimum atomic E-state index is 0.279. The molecule has 0 radical (unpaired) electrons. The lowest BCUT2D eigenvalue weighted by Crippen LogP contribution is -2.44. The summed E-state index contributed by atoms with van der Waals surface area (Å²) in [7, 11) is 0. The van der Waals surface area contributed by atoms with E-state index in [0.717, 1.165) is 31.8 Å². The van der Waals surface area contributed by atoms with E-state index in [1.165, 1.54) is 12.8 Å². The summed E-state index contributed by atoms with van der Waals surface area (Å²) in [5, 5.41) is 0. The van der Waals surface area contributed by atoms with Gasteiger partial charge in [0.1, 0.15) is 0 Å². The van der Waals surface area contributed by atoms with E-state index in [-0.39, 0.29) is 5.92 Å². The highest BCUT2D eigenvalue weighted by Gasteiger charge is 2.34. The maximum Gasteiger partial charge on any atom is 0.225 e. The quantitative estimate of drug-likeness (QED) is 0.719. The Labute approximate surface area is 111 Å². The van der Waals surface area contributed by atoms with E-state index in [0.29, 0.717) is 24.5 Å². The fourth-order valence-electron chi connectivity index (χ4n) is 3.25. The van der Waals surface area contributed by atoms with E-state index in [2.05, 4.69) is 20.8 Å². The van der Waals surface area contributed by atoms with Gasteiger partial charge in [0.05, 0.1) is 13.2 Å². The third-order valence-corrected chi connectivity index (χ3v) is 4.62. The number of carbonyl (C=O) groups is 1. The Balaban J connectivity index is 1.83. The number of ether oxygens (including phenoxy) is 1. The molecule has 1 saturated carbocycles. The second-order valence-corrected chi connectivity index (χ2v) is 6.85. The molecule has 1 saturated heterocycles. The van der Waals surface area contributed by atoms with Crippen molar-refractivity contribution >= 4 is 5.91 Å². The summed E-state index contributed by atoms with van der Waals surface area (Å²) in [5.41, 5.74) is 0.396. The molecule has 0 aromatic rings. The zero-order valence-electron chi connectivity index (χ0n) is 12.1. The molecule has 0 N–H and O–H groups in total. The topological polar surface area (TPSA) is 29.5 Å². The number of carbonyl (C=O) groups excluding carboxylic acids is 1. The Bertz CT molecular complexity index is 281. The average Bonchev–Trinajstić information content (AvgIpc) is 2.38. The first-order valence-electron chi connectivity index (χ1n) is 7.35. The van der Waals surface area contributed by atoms with Crippen LogP contribution in [0.2, 0.25) is 0 Å². The smallest absolute Gasteiger partial charge is 0.225 e. The van der Waals surface area contributed by atoms with E-state index in [1.807, 2.05) is 4.90 Å². The van der Waals surface area contributed by atoms with Gasteiger partial charge in [-0.3, -0.25) is 4.79 Å². The number of morpholine rings is 1. The van der Waals surface area contributed by atoms with Crippen LogP contribution in [0.3, 0.4) is 0 Å². The highest BCUT2D eigenvalue weighted by molar-refractivity contribution is 5.79. The van der Waals surface area contributed by atoms with Gasteiger partial charge in [-0.1, -0.05) is 20.8 Å². The summed E-state index contributed by atoms with van der Waals surface area (Å²) in [5.74, 6) is 1.44. The van der Waals surface area contributed by atoms with E-state index in [1.54, 1.807) is 0 Å². The number of hydrogen-bond acceptors (Lipinski definition) is 2. The van der Waals surface area contributed by atoms with Gasteiger partial charge in [0.2, 0.25) is 5.91 Å². The molecule has 0 atom stereocenters. The average molecular weight is 253 g/mol. The van der Waals surface area contributed by atoms with Crippen molar-refractivity contribution in [2.75, 3.05) is 26.3 Å². The van der Waals surface area contributed by atoms with Gasteiger partial charge in [-0.15, -0.1) is 0 Å². The number of nitrogens with zero attached hydrogens (tertiary/aromatic N) is 1. The van der Waals surface area contributed by atoms with Gasteiger partial charge in [-0.2, -0.15) is 0 Å². The van der Waals surface area contributed by atoms with Crippen LogP contribution in [0.4, 0.5) is 0 Å². The van der Waals surface area contributed by atoms with Crippen molar-refractivity contribution in [2.45, 2.75) is 46.5 Å². The van der Waals surface area contributed by atoms with Crippen LogP contribution in [0, 0.1) is 17.3 Å². The minimum Gasteiger partial charge on any atom is -0.378 e. The van der Waals surface area contributed by atoms with Crippen molar-refractivity contribution in [2.24, 2.45) is 17.3 Å². The Morgan fingerprint density at radius 3 is 2.11 bits per heavy atom. The first kappa shape index (κ1) is 13.9. The third kappa shape index (κ3) is 3.25. The van der Waals surface area contributed by atoms with Crippen molar-refractivity contribution in [3.63, 3.8) is 0 Å². The summed E-state index contributed by atoms with van der Waals surface area (Å²) >= 11 is 0. The van der Waals surface area contributed by atoms with Gasteiger partial charge in [-0.05, 0) is 37.0 Å². The molecule has 3 heteroatoms. The van der Waals surface area contributed by atoms with Crippen molar-refractivity contribution < 1.29 is 9.53 Å². The molecular formula is C15H27NO2. The van der Waals surface area contributed by atoms with Crippen LogP contribution in [-0.2, 0) is 9.53 Å². The highest BCUT2D eigenvalue weighted by atomic mass is 16.5. The van der Waals surface area contributed by atoms with Gasteiger partial charge in [0.25, 0.3) is 0 Å². The monoisotopic (exact) mass is 253 g/mol. The summed E-state index contributed by atoms with van der Waals surface area (Å²) < 4.78 is 5.31. The Kier molecular flexibility index (Phi) is 4.31. The zero-order valence-corrected chi connectivity index (χ0v) is 12.1. The summed E-state index contributed by atoms with van der Waals surface area (Å²) in [6.45, 7) is 9.97. The van der Waals surface area contributed by atoms with Crippen LogP contribution < -0.4 is 0 Å². The standard InChI is InChI=1S/C15H27NO2/c1-15(2,3)13-6-4-12(5-7-13)14(17)16-8-10-18-11-9-16/h12-13H,4-11H2,1-3H3. The molecule has 1 aliphatic carbocycles. The molecule has 3 nitrogen and oxygen atoms in total. The van der Waals surface area contributed by atoms with Gasteiger partial charge in [0, 0.05) is 19.0 Å². The SMILES string of the molecule is CC(C)(C)C1CCC(C(=O)N2CCOCC2)CC1. The molecule has 0 unspecified atom stereocenters. The van der Waals surface area contributed by atoms with Crippen molar-refractivity contribution in [1.82, 2.24) is 4.90 Å². The van der Waals surface area contributed by atoms with Crippen LogP contribution in [0.1, 0.15) is 46.5 Å². The van der Waals surface area contributed by atoms with Crippen molar-refractivity contribution in [1.29, 1.82) is 0 Å². The molecule has 2 fully saturated rings. The predicted octanol–water partition coefficient (Wildman–Crippen LogP) is 2.70. The number of amides is 1. The Morgan fingerprint density at radius 1 is 1.06 bits per heavy atom. The van der Waals surface area contributed by atoms with Crippen LogP contribution >= 0.6 is 0 Å². The maximum atomic E-state index is 12.4. The molecule has 1 aliphatic heterocycles. The lowest BCUT2D eigenvalue weighted by molar-refractivity contribution is -0.141. The van der Waals surface area contributed by atoms with Gasteiger partial charge >= 0.3 is 0 Å². The third-order valence-electron chi connectivity index (χ3n) is 4.62. The van der Waals surface area contributed by atoms with Gasteiger partial charge in [-0.25, -0.2) is 0 Å². The molecule has 0 aromatic heterocycles. The highest BCUT2D eigenvalue weighted by Crippen LogP contribution is 2.40. The lowest BCUT2D eigenvalue weighted by atomic mass is 9.69. The molecule has 104 valence electrons. The fraction of sp³-hybridized carbons (Fsp3) is 0.933. The van der Waals surface area contributed by atoms with E-state index in [9.17, 15) is 4.79 Å². The minimum absolute atomic E-state index is 0.279. The summed E-state index contributed by atoms with van der Waals surface area (Å²) in [6.07, 6.45) is 4.59. The maximum absolute atomic E-state index is 12.4. The van der Waals surface area contributed by atoms with Crippen molar-refractivity contribution in [3.8, 4) is 0 Å². The van der Waals surface area contributed by atoms with Gasteiger partial charge in [0.15, 0.2) is 0 Å². The molecular weight excluding hydrogens is 226 g/mol. The molecule has 0 aromatic carbocycles. The van der Waals surface area contributed by atoms with Crippen LogP contribution in [0.25, 0.3) is 0 Å². The summed E-state index contributed by atoms with van der Waals surface area (Å²) in [6, 6.07) is 0. The van der Waals surface area contributed by atoms with E-state index in [4.69, 9.17) is 4.74 Å². The second-order valence-electron chi connectivity index (χ2n) is 6.85. The van der Waals surface area contributed by atoms with Crippen LogP contribution in [0.5, 0.6) is 0 Å². The molecule has 2 rings (SSSR count). The normalized spacial score (nSPS) is 30.3. The van der Waals surface area contributed by atoms with Crippen LogP contribution in [-0.4, -0.2) is 37.1 Å². The van der Waals surface area contributed by atoms with E-state index < -0.39 is 0 Å². The Morgan fingerprint density at radius 2 is 1.61 bits per heavy atom. The largest absolute Gasteiger partial charge is 0.378 e. The fourth-order valence-corrected chi connectivity index (χ4v) is 3.25. The number of hydrogen-bond donors (Lipinski definition) is 0.